The van der Waals surface area contributed by atoms with Crippen molar-refractivity contribution in [2.75, 3.05) is 13.1 Å². The maximum absolute atomic E-state index is 14.2. The molecule has 0 aliphatic carbocycles. The number of aryl methyl sites for hydroxylation is 1. The van der Waals surface area contributed by atoms with Gasteiger partial charge < -0.3 is 5.32 Å². The van der Waals surface area contributed by atoms with E-state index < -0.39 is 0 Å². The second kappa shape index (κ2) is 9.84. The third-order valence-corrected chi connectivity index (χ3v) is 6.05. The zero-order valence-corrected chi connectivity index (χ0v) is 17.8. The van der Waals surface area contributed by atoms with Gasteiger partial charge in [-0.05, 0) is 62.1 Å². The van der Waals surface area contributed by atoms with Crippen LogP contribution in [0.3, 0.4) is 0 Å². The van der Waals surface area contributed by atoms with E-state index in [-0.39, 0.29) is 23.7 Å². The van der Waals surface area contributed by atoms with E-state index in [4.69, 9.17) is 0 Å². The van der Waals surface area contributed by atoms with E-state index in [9.17, 15) is 9.18 Å². The molecule has 0 bridgehead atoms. The summed E-state index contributed by atoms with van der Waals surface area (Å²) in [6.45, 7) is 4.22. The first-order valence-electron chi connectivity index (χ1n) is 10.8. The third-order valence-electron chi connectivity index (χ3n) is 6.05. The van der Waals surface area contributed by atoms with Crippen molar-refractivity contribution in [3.63, 3.8) is 0 Å². The van der Waals surface area contributed by atoms with Gasteiger partial charge in [-0.2, -0.15) is 0 Å². The fraction of sp³-hybridized carbons (Fsp3) is 0.308. The van der Waals surface area contributed by atoms with Gasteiger partial charge in [-0.15, -0.1) is 0 Å². The van der Waals surface area contributed by atoms with Crippen LogP contribution in [0.5, 0.6) is 0 Å². The van der Waals surface area contributed by atoms with E-state index in [1.807, 2.05) is 61.5 Å². The number of likely N-dealkylation sites (tertiary alicyclic amines) is 1. The standard InChI is InChI=1S/C26H28FN3O/c1-19-9-2-4-12-22(19)26(31)29-25(24-14-6-7-15-28-24)21-11-8-16-30(18-21)17-20-10-3-5-13-23(20)27/h2-7,9-10,12-15,21,25H,8,11,16-18H2,1H3,(H,29,31)/t21-,25-/m1/s1. The maximum Gasteiger partial charge on any atom is 0.252 e. The van der Waals surface area contributed by atoms with Gasteiger partial charge in [0.25, 0.3) is 5.91 Å². The average molecular weight is 418 g/mol. The quantitative estimate of drug-likeness (QED) is 0.620. The molecule has 2 atom stereocenters. The van der Waals surface area contributed by atoms with Gasteiger partial charge in [-0.3, -0.25) is 14.7 Å². The molecule has 1 saturated heterocycles. The summed E-state index contributed by atoms with van der Waals surface area (Å²) in [7, 11) is 0. The molecule has 5 heteroatoms. The lowest BCUT2D eigenvalue weighted by Crippen LogP contribution is -2.43. The largest absolute Gasteiger partial charge is 0.343 e. The summed E-state index contributed by atoms with van der Waals surface area (Å²) in [4.78, 5) is 19.9. The van der Waals surface area contributed by atoms with Gasteiger partial charge >= 0.3 is 0 Å². The molecule has 4 rings (SSSR count). The minimum atomic E-state index is -0.197. The number of benzene rings is 2. The van der Waals surface area contributed by atoms with E-state index in [0.717, 1.165) is 37.2 Å². The minimum Gasteiger partial charge on any atom is -0.343 e. The van der Waals surface area contributed by atoms with Crippen molar-refractivity contribution in [1.82, 2.24) is 15.2 Å². The third kappa shape index (κ3) is 5.17. The van der Waals surface area contributed by atoms with Crippen LogP contribution >= 0.6 is 0 Å². The van der Waals surface area contributed by atoms with Crippen LogP contribution in [0.25, 0.3) is 0 Å². The fourth-order valence-electron chi connectivity index (χ4n) is 4.41. The number of nitrogens with one attached hydrogen (secondary N) is 1. The van der Waals surface area contributed by atoms with Gasteiger partial charge in [0.15, 0.2) is 0 Å². The lowest BCUT2D eigenvalue weighted by atomic mass is 9.88. The normalized spacial score (nSPS) is 17.8. The molecule has 1 aliphatic heterocycles. The van der Waals surface area contributed by atoms with Gasteiger partial charge in [0.05, 0.1) is 11.7 Å². The molecule has 3 aromatic rings. The number of hydrogen-bond acceptors (Lipinski definition) is 3. The Hall–Kier alpha value is -3.05. The predicted octanol–water partition coefficient (Wildman–Crippen LogP) is 4.91. The summed E-state index contributed by atoms with van der Waals surface area (Å²) in [6, 6.07) is 20.2. The molecular weight excluding hydrogens is 389 g/mol. The van der Waals surface area contributed by atoms with Crippen LogP contribution in [0.15, 0.2) is 72.9 Å². The predicted molar refractivity (Wildman–Crippen MR) is 120 cm³/mol. The van der Waals surface area contributed by atoms with E-state index in [1.165, 1.54) is 6.07 Å². The molecule has 1 fully saturated rings. The minimum absolute atomic E-state index is 0.0834. The number of carbonyl (C=O) groups excluding carboxylic acids is 1. The number of carbonyl (C=O) groups is 1. The highest BCUT2D eigenvalue weighted by atomic mass is 19.1. The smallest absolute Gasteiger partial charge is 0.252 e. The molecule has 1 N–H and O–H groups in total. The van der Waals surface area contributed by atoms with Crippen molar-refractivity contribution < 1.29 is 9.18 Å². The van der Waals surface area contributed by atoms with Crippen molar-refractivity contribution in [2.45, 2.75) is 32.4 Å². The first-order valence-corrected chi connectivity index (χ1v) is 10.8. The van der Waals surface area contributed by atoms with Crippen LogP contribution in [-0.2, 0) is 6.54 Å². The van der Waals surface area contributed by atoms with E-state index in [0.29, 0.717) is 17.7 Å². The highest BCUT2D eigenvalue weighted by Crippen LogP contribution is 2.30. The summed E-state index contributed by atoms with van der Waals surface area (Å²) in [5, 5.41) is 3.25. The monoisotopic (exact) mass is 417 g/mol. The number of halogens is 1. The second-order valence-electron chi connectivity index (χ2n) is 8.25. The maximum atomic E-state index is 14.2. The number of hydrogen-bond donors (Lipinski definition) is 1. The molecular formula is C26H28FN3O. The Morgan fingerprint density at radius 3 is 2.68 bits per heavy atom. The van der Waals surface area contributed by atoms with Crippen LogP contribution in [0.4, 0.5) is 4.39 Å². The van der Waals surface area contributed by atoms with Gasteiger partial charge in [0.1, 0.15) is 5.82 Å². The molecule has 2 heterocycles. The van der Waals surface area contributed by atoms with Gasteiger partial charge in [0.2, 0.25) is 0 Å². The Kier molecular flexibility index (Phi) is 6.73. The molecule has 1 aromatic heterocycles. The fourth-order valence-corrected chi connectivity index (χ4v) is 4.41. The number of rotatable bonds is 6. The van der Waals surface area contributed by atoms with E-state index in [1.54, 1.807) is 12.3 Å². The Morgan fingerprint density at radius 2 is 1.90 bits per heavy atom. The number of aromatic nitrogens is 1. The van der Waals surface area contributed by atoms with Crippen molar-refractivity contribution >= 4 is 5.91 Å². The molecule has 1 amide bonds. The summed E-state index contributed by atoms with van der Waals surface area (Å²) in [5.74, 6) is -0.0536. The first kappa shape index (κ1) is 21.2. The molecule has 160 valence electrons. The van der Waals surface area contributed by atoms with Gasteiger partial charge in [0, 0.05) is 30.4 Å². The Morgan fingerprint density at radius 1 is 1.13 bits per heavy atom. The lowest BCUT2D eigenvalue weighted by molar-refractivity contribution is 0.0873. The molecule has 0 unspecified atom stereocenters. The van der Waals surface area contributed by atoms with Crippen LogP contribution in [0.2, 0.25) is 0 Å². The Balaban J connectivity index is 1.54. The highest BCUT2D eigenvalue weighted by molar-refractivity contribution is 5.95. The molecule has 1 aliphatic rings. The summed E-state index contributed by atoms with van der Waals surface area (Å²) < 4.78 is 14.2. The average Bonchev–Trinajstić information content (AvgIpc) is 2.80. The number of nitrogens with zero attached hydrogens (tertiary/aromatic N) is 2. The van der Waals surface area contributed by atoms with Crippen molar-refractivity contribution in [2.24, 2.45) is 5.92 Å². The zero-order chi connectivity index (χ0) is 21.6. The molecule has 0 spiro atoms. The highest BCUT2D eigenvalue weighted by Gasteiger charge is 2.31. The van der Waals surface area contributed by atoms with Crippen molar-refractivity contribution in [3.05, 3.63) is 101 Å². The number of pyridine rings is 1. The van der Waals surface area contributed by atoms with Crippen LogP contribution < -0.4 is 5.32 Å². The molecule has 0 radical (unpaired) electrons. The van der Waals surface area contributed by atoms with E-state index in [2.05, 4.69) is 15.2 Å². The molecule has 4 nitrogen and oxygen atoms in total. The molecule has 31 heavy (non-hydrogen) atoms. The van der Waals surface area contributed by atoms with Crippen molar-refractivity contribution in [3.8, 4) is 0 Å². The Bertz CT molecular complexity index is 1020. The lowest BCUT2D eigenvalue weighted by Gasteiger charge is -2.37. The summed E-state index contributed by atoms with van der Waals surface area (Å²) >= 11 is 0. The molecule has 0 saturated carbocycles. The SMILES string of the molecule is Cc1ccccc1C(=O)N[C@@H](c1ccccn1)[C@@H]1CCCN(Cc2ccccc2F)C1. The number of amides is 1. The van der Waals surface area contributed by atoms with Gasteiger partial charge in [-0.1, -0.05) is 42.5 Å². The van der Waals surface area contributed by atoms with Crippen LogP contribution in [0, 0.1) is 18.7 Å². The molecule has 2 aromatic carbocycles. The van der Waals surface area contributed by atoms with Crippen LogP contribution in [0.1, 0.15) is 46.1 Å². The topological polar surface area (TPSA) is 45.2 Å². The van der Waals surface area contributed by atoms with Crippen LogP contribution in [-0.4, -0.2) is 28.9 Å². The van der Waals surface area contributed by atoms with E-state index >= 15 is 0 Å². The Labute approximate surface area is 183 Å². The second-order valence-corrected chi connectivity index (χ2v) is 8.25. The zero-order valence-electron chi connectivity index (χ0n) is 17.8. The first-order chi connectivity index (χ1) is 15.1. The summed E-state index contributed by atoms with van der Waals surface area (Å²) in [5.41, 5.74) is 3.20. The van der Waals surface area contributed by atoms with Gasteiger partial charge in [-0.25, -0.2) is 4.39 Å². The van der Waals surface area contributed by atoms with Crippen molar-refractivity contribution in [1.29, 1.82) is 0 Å². The summed E-state index contributed by atoms with van der Waals surface area (Å²) in [6.07, 6.45) is 3.76. The number of piperidine rings is 1.